The molecule has 1 aliphatic heterocycles. The van der Waals surface area contributed by atoms with Gasteiger partial charge >= 0.3 is 0 Å². The fraction of sp³-hybridized carbons (Fsp3) is 0.375. The van der Waals surface area contributed by atoms with Gasteiger partial charge in [-0.1, -0.05) is 46.3 Å². The molecule has 0 unspecified atom stereocenters. The molecule has 1 aromatic heterocycles. The second kappa shape index (κ2) is 10.9. The van der Waals surface area contributed by atoms with Crippen LogP contribution < -0.4 is 16.0 Å². The smallest absolute Gasteiger partial charge is 0.242 e. The van der Waals surface area contributed by atoms with E-state index in [0.717, 1.165) is 40.7 Å². The first-order valence-electron chi connectivity index (χ1n) is 11.3. The molecule has 0 aliphatic carbocycles. The van der Waals surface area contributed by atoms with Crippen LogP contribution >= 0.6 is 15.9 Å². The van der Waals surface area contributed by atoms with Gasteiger partial charge in [0.2, 0.25) is 11.8 Å². The number of amides is 2. The average molecular weight is 526 g/mol. The van der Waals surface area contributed by atoms with Gasteiger partial charge in [0.1, 0.15) is 12.4 Å². The Morgan fingerprint density at radius 3 is 2.79 bits per heavy atom. The number of tetrazole rings is 1. The fourth-order valence-electron chi connectivity index (χ4n) is 4.36. The van der Waals surface area contributed by atoms with Crippen LogP contribution in [0.25, 0.3) is 5.69 Å². The Kier molecular flexibility index (Phi) is 7.69. The number of hydrogen-bond donors (Lipinski definition) is 3. The van der Waals surface area contributed by atoms with Crippen LogP contribution in [0.4, 0.5) is 0 Å². The van der Waals surface area contributed by atoms with E-state index < -0.39 is 6.04 Å². The van der Waals surface area contributed by atoms with E-state index in [4.69, 9.17) is 0 Å². The Labute approximate surface area is 206 Å². The molecule has 178 valence electrons. The zero-order valence-electron chi connectivity index (χ0n) is 19.2. The molecule has 3 atom stereocenters. The van der Waals surface area contributed by atoms with Gasteiger partial charge in [-0.3, -0.25) is 9.59 Å². The molecule has 3 N–H and O–H groups in total. The van der Waals surface area contributed by atoms with Crippen molar-refractivity contribution in [3.05, 3.63) is 70.0 Å². The van der Waals surface area contributed by atoms with Crippen molar-refractivity contribution in [3.8, 4) is 5.69 Å². The van der Waals surface area contributed by atoms with Gasteiger partial charge in [0.25, 0.3) is 0 Å². The van der Waals surface area contributed by atoms with Gasteiger partial charge < -0.3 is 16.0 Å². The molecule has 1 aliphatic rings. The van der Waals surface area contributed by atoms with Gasteiger partial charge in [-0.2, -0.15) is 4.68 Å². The fourth-order valence-corrected chi connectivity index (χ4v) is 4.98. The number of halogens is 1. The van der Waals surface area contributed by atoms with Crippen LogP contribution in [0.15, 0.2) is 53.3 Å². The Hall–Kier alpha value is -3.11. The molecular formula is C24H28BrN7O2. The maximum absolute atomic E-state index is 12.7. The van der Waals surface area contributed by atoms with Crippen LogP contribution in [0, 0.1) is 12.8 Å². The monoisotopic (exact) mass is 525 g/mol. The zero-order chi connectivity index (χ0) is 24.1. The summed E-state index contributed by atoms with van der Waals surface area (Å²) in [5.74, 6) is -0.00915. The predicted molar refractivity (Wildman–Crippen MR) is 131 cm³/mol. The number of aryl methyl sites for hydroxylation is 1. The van der Waals surface area contributed by atoms with Crippen molar-refractivity contribution >= 4 is 27.7 Å². The summed E-state index contributed by atoms with van der Waals surface area (Å²) >= 11 is 3.50. The number of benzene rings is 2. The lowest BCUT2D eigenvalue weighted by Gasteiger charge is -2.18. The number of hydrogen-bond acceptors (Lipinski definition) is 6. The van der Waals surface area contributed by atoms with Crippen molar-refractivity contribution in [2.75, 3.05) is 6.54 Å². The third kappa shape index (κ3) is 5.87. The summed E-state index contributed by atoms with van der Waals surface area (Å²) in [6.07, 6.45) is 3.20. The zero-order valence-corrected chi connectivity index (χ0v) is 20.7. The van der Waals surface area contributed by atoms with Gasteiger partial charge in [0.15, 0.2) is 0 Å². The standard InChI is InChI=1S/C24H28BrN7O2/c1-15-8-20(25)11-19(22(15)32-14-28-30-31-32)13-27-23(33)16(2)29-24(34)21-10-18(12-26-21)9-17-6-4-3-5-7-17/h3-8,11,14,16,18,21,26H,9-10,12-13H2,1-2H3,(H,27,33)(H,29,34)/t16-,18-,21+/m0/s1. The highest BCUT2D eigenvalue weighted by Crippen LogP contribution is 2.24. The minimum atomic E-state index is -0.660. The number of rotatable bonds is 8. The molecule has 1 saturated heterocycles. The van der Waals surface area contributed by atoms with E-state index in [1.165, 1.54) is 11.9 Å². The third-order valence-corrected chi connectivity index (χ3v) is 6.49. The maximum Gasteiger partial charge on any atom is 0.242 e. The summed E-state index contributed by atoms with van der Waals surface area (Å²) in [5, 5.41) is 20.4. The number of carbonyl (C=O) groups is 2. The van der Waals surface area contributed by atoms with Gasteiger partial charge in [-0.25, -0.2) is 0 Å². The average Bonchev–Trinajstić information content (AvgIpc) is 3.50. The Morgan fingerprint density at radius 2 is 2.06 bits per heavy atom. The quantitative estimate of drug-likeness (QED) is 0.414. The first kappa shape index (κ1) is 24.0. The van der Waals surface area contributed by atoms with E-state index >= 15 is 0 Å². The van der Waals surface area contributed by atoms with E-state index in [1.807, 2.05) is 37.3 Å². The highest BCUT2D eigenvalue weighted by molar-refractivity contribution is 9.10. The molecule has 0 radical (unpaired) electrons. The molecule has 0 saturated carbocycles. The molecule has 2 amide bonds. The van der Waals surface area contributed by atoms with Crippen molar-refractivity contribution in [1.29, 1.82) is 0 Å². The Morgan fingerprint density at radius 1 is 1.26 bits per heavy atom. The van der Waals surface area contributed by atoms with Crippen LogP contribution in [0.3, 0.4) is 0 Å². The normalized spacial score (nSPS) is 18.4. The van der Waals surface area contributed by atoms with Gasteiger partial charge in [0, 0.05) is 11.0 Å². The lowest BCUT2D eigenvalue weighted by molar-refractivity contribution is -0.129. The third-order valence-electron chi connectivity index (χ3n) is 6.03. The molecule has 0 spiro atoms. The van der Waals surface area contributed by atoms with Gasteiger partial charge in [-0.15, -0.1) is 5.10 Å². The largest absolute Gasteiger partial charge is 0.350 e. The molecule has 1 fully saturated rings. The molecule has 9 nitrogen and oxygen atoms in total. The van der Waals surface area contributed by atoms with Crippen LogP contribution in [-0.2, 0) is 22.6 Å². The maximum atomic E-state index is 12.7. The van der Waals surface area contributed by atoms with Crippen LogP contribution in [0.5, 0.6) is 0 Å². The lowest BCUT2D eigenvalue weighted by Crippen LogP contribution is -2.50. The van der Waals surface area contributed by atoms with Crippen molar-refractivity contribution in [3.63, 3.8) is 0 Å². The van der Waals surface area contributed by atoms with Crippen molar-refractivity contribution in [1.82, 2.24) is 36.2 Å². The molecule has 4 rings (SSSR count). The van der Waals surface area contributed by atoms with Crippen LogP contribution in [-0.4, -0.2) is 50.7 Å². The molecule has 2 heterocycles. The van der Waals surface area contributed by atoms with Crippen LogP contribution in [0.1, 0.15) is 30.0 Å². The molecule has 10 heteroatoms. The summed E-state index contributed by atoms with van der Waals surface area (Å²) in [6.45, 7) is 4.71. The van der Waals surface area contributed by atoms with Gasteiger partial charge in [0.05, 0.1) is 11.7 Å². The summed E-state index contributed by atoms with van der Waals surface area (Å²) in [7, 11) is 0. The summed E-state index contributed by atoms with van der Waals surface area (Å²) in [4.78, 5) is 25.5. The SMILES string of the molecule is Cc1cc(Br)cc(CNC(=O)[C@H](C)NC(=O)[C@H]2C[C@H](Cc3ccccc3)CN2)c1-n1cnnn1. The minimum Gasteiger partial charge on any atom is -0.350 e. The lowest BCUT2D eigenvalue weighted by atomic mass is 9.96. The van der Waals surface area contributed by atoms with Crippen molar-refractivity contribution in [2.24, 2.45) is 5.92 Å². The van der Waals surface area contributed by atoms with Gasteiger partial charge in [-0.05, 0) is 78.4 Å². The predicted octanol–water partition coefficient (Wildman–Crippen LogP) is 2.07. The van der Waals surface area contributed by atoms with Crippen molar-refractivity contribution < 1.29 is 9.59 Å². The summed E-state index contributed by atoms with van der Waals surface area (Å²) < 4.78 is 2.47. The molecule has 34 heavy (non-hydrogen) atoms. The molecule has 2 aromatic carbocycles. The van der Waals surface area contributed by atoms with E-state index in [2.05, 4.69) is 59.5 Å². The van der Waals surface area contributed by atoms with E-state index in [0.29, 0.717) is 5.92 Å². The Bertz CT molecular complexity index is 1140. The summed E-state index contributed by atoms with van der Waals surface area (Å²) in [6, 6.07) is 13.2. The number of nitrogens with zero attached hydrogens (tertiary/aromatic N) is 4. The number of carbonyl (C=O) groups excluding carboxylic acids is 2. The minimum absolute atomic E-state index is 0.147. The number of nitrogens with one attached hydrogen (secondary N) is 3. The second-order valence-corrected chi connectivity index (χ2v) is 9.60. The van der Waals surface area contributed by atoms with E-state index in [1.54, 1.807) is 11.6 Å². The van der Waals surface area contributed by atoms with E-state index in [9.17, 15) is 9.59 Å². The topological polar surface area (TPSA) is 114 Å². The van der Waals surface area contributed by atoms with Crippen molar-refractivity contribution in [2.45, 2.75) is 45.3 Å². The molecule has 3 aromatic rings. The van der Waals surface area contributed by atoms with E-state index in [-0.39, 0.29) is 24.4 Å². The first-order chi connectivity index (χ1) is 16.4. The molecular weight excluding hydrogens is 498 g/mol. The van der Waals surface area contributed by atoms with Crippen LogP contribution in [0.2, 0.25) is 0 Å². The first-order valence-corrected chi connectivity index (χ1v) is 12.1. The number of aromatic nitrogens is 4. The molecule has 0 bridgehead atoms. The highest BCUT2D eigenvalue weighted by atomic mass is 79.9. The second-order valence-electron chi connectivity index (χ2n) is 8.69. The Balaban J connectivity index is 1.30. The highest BCUT2D eigenvalue weighted by Gasteiger charge is 2.30. The summed E-state index contributed by atoms with van der Waals surface area (Å²) in [5.41, 5.74) is 3.90.